The zero-order valence-electron chi connectivity index (χ0n) is 15.1. The summed E-state index contributed by atoms with van der Waals surface area (Å²) in [6.45, 7) is 0.609. The van der Waals surface area contributed by atoms with Crippen molar-refractivity contribution in [2.45, 2.75) is 18.4 Å². The molecule has 0 spiro atoms. The first-order valence-corrected chi connectivity index (χ1v) is 9.24. The van der Waals surface area contributed by atoms with Crippen LogP contribution >= 0.6 is 11.6 Å². The molecule has 7 nitrogen and oxygen atoms in total. The molecule has 8 heteroatoms. The standard InChI is InChI=1S/C20H19ClN2O5/c1-23-6-4-10(12(23)9-24)17-13(25)7-14(26)18-15(27)8-16(28-19(17)18)11-3-2-5-22-20(11)21/h2-3,5,7-8,10,12,24-26H,4,6,9H2,1H3/t10-,12+/m0/s1. The number of likely N-dealkylation sites (N-methyl/N-ethyl adjacent to an activating group) is 1. The SMILES string of the molecule is CN1CC[C@H](c2c(O)cc(O)c3c(=O)cc(-c4cccnc4Cl)oc23)[C@H]1CO. The molecule has 146 valence electrons. The molecule has 2 aromatic heterocycles. The topological polar surface area (TPSA) is 107 Å². The molecule has 3 N–H and O–H groups in total. The van der Waals surface area contributed by atoms with E-state index in [9.17, 15) is 20.1 Å². The van der Waals surface area contributed by atoms with Crippen LogP contribution in [0, 0.1) is 0 Å². The van der Waals surface area contributed by atoms with Gasteiger partial charge in [0.05, 0.1) is 12.2 Å². The summed E-state index contributed by atoms with van der Waals surface area (Å²) < 4.78 is 6.00. The van der Waals surface area contributed by atoms with Crippen molar-refractivity contribution in [2.75, 3.05) is 20.2 Å². The van der Waals surface area contributed by atoms with Gasteiger partial charge in [0.2, 0.25) is 0 Å². The van der Waals surface area contributed by atoms with Crippen molar-refractivity contribution >= 4 is 22.6 Å². The van der Waals surface area contributed by atoms with Crippen LogP contribution in [-0.2, 0) is 0 Å². The Morgan fingerprint density at radius 3 is 2.82 bits per heavy atom. The number of hydrogen-bond donors (Lipinski definition) is 3. The van der Waals surface area contributed by atoms with Gasteiger partial charge in [-0.1, -0.05) is 11.6 Å². The Balaban J connectivity index is 2.03. The fourth-order valence-corrected chi connectivity index (χ4v) is 4.21. The minimum atomic E-state index is -0.457. The number of rotatable bonds is 3. The van der Waals surface area contributed by atoms with Gasteiger partial charge in [-0.3, -0.25) is 4.79 Å². The molecule has 1 aliphatic heterocycles. The van der Waals surface area contributed by atoms with Crippen molar-refractivity contribution in [3.63, 3.8) is 0 Å². The Morgan fingerprint density at radius 2 is 2.11 bits per heavy atom. The van der Waals surface area contributed by atoms with Crippen LogP contribution in [0.3, 0.4) is 0 Å². The van der Waals surface area contributed by atoms with Gasteiger partial charge in [-0.05, 0) is 32.1 Å². The third-order valence-corrected chi connectivity index (χ3v) is 5.70. The van der Waals surface area contributed by atoms with Crippen LogP contribution in [0.4, 0.5) is 0 Å². The van der Waals surface area contributed by atoms with Crippen LogP contribution in [0.25, 0.3) is 22.3 Å². The van der Waals surface area contributed by atoms with E-state index in [1.807, 2.05) is 11.9 Å². The molecule has 4 rings (SSSR count). The molecule has 3 aromatic rings. The van der Waals surface area contributed by atoms with Gasteiger partial charge in [0.1, 0.15) is 33.4 Å². The van der Waals surface area contributed by atoms with Gasteiger partial charge >= 0.3 is 0 Å². The third-order valence-electron chi connectivity index (χ3n) is 5.40. The molecule has 0 saturated carbocycles. The molecule has 0 radical (unpaired) electrons. The van der Waals surface area contributed by atoms with Gasteiger partial charge in [-0.15, -0.1) is 0 Å². The number of aliphatic hydroxyl groups is 1. The van der Waals surface area contributed by atoms with Gasteiger partial charge in [0.15, 0.2) is 5.43 Å². The largest absolute Gasteiger partial charge is 0.507 e. The maximum Gasteiger partial charge on any atom is 0.197 e. The Bertz CT molecular complexity index is 1110. The summed E-state index contributed by atoms with van der Waals surface area (Å²) >= 11 is 6.14. The molecule has 2 atom stereocenters. The lowest BCUT2D eigenvalue weighted by molar-refractivity contribution is 0.172. The lowest BCUT2D eigenvalue weighted by Gasteiger charge is -2.24. The van der Waals surface area contributed by atoms with Crippen molar-refractivity contribution in [1.82, 2.24) is 9.88 Å². The van der Waals surface area contributed by atoms with E-state index >= 15 is 0 Å². The van der Waals surface area contributed by atoms with E-state index in [1.54, 1.807) is 12.1 Å². The summed E-state index contributed by atoms with van der Waals surface area (Å²) in [5, 5.41) is 30.8. The number of halogens is 1. The van der Waals surface area contributed by atoms with Crippen LogP contribution in [0.5, 0.6) is 11.5 Å². The predicted octanol–water partition coefficient (Wildman–Crippen LogP) is 2.70. The number of phenolic OH excluding ortho intramolecular Hbond substituents is 2. The Labute approximate surface area is 165 Å². The highest BCUT2D eigenvalue weighted by Gasteiger charge is 2.36. The second-order valence-electron chi connectivity index (χ2n) is 6.97. The Hall–Kier alpha value is -2.61. The van der Waals surface area contributed by atoms with Crippen LogP contribution in [-0.4, -0.2) is 51.4 Å². The van der Waals surface area contributed by atoms with Gasteiger partial charge < -0.3 is 24.6 Å². The van der Waals surface area contributed by atoms with E-state index in [0.717, 1.165) is 12.6 Å². The number of nitrogens with zero attached hydrogens (tertiary/aromatic N) is 2. The highest BCUT2D eigenvalue weighted by molar-refractivity contribution is 6.31. The molecule has 0 bridgehead atoms. The van der Waals surface area contributed by atoms with Crippen LogP contribution in [0.2, 0.25) is 5.15 Å². The fourth-order valence-electron chi connectivity index (χ4n) is 3.99. The average molecular weight is 403 g/mol. The van der Waals surface area contributed by atoms with E-state index in [-0.39, 0.29) is 51.9 Å². The molecular formula is C20H19ClN2O5. The number of likely N-dealkylation sites (tertiary alicyclic amines) is 1. The fraction of sp³-hybridized carbons (Fsp3) is 0.300. The number of aromatic nitrogens is 1. The van der Waals surface area contributed by atoms with Crippen LogP contribution in [0.15, 0.2) is 39.7 Å². The maximum absolute atomic E-state index is 12.8. The van der Waals surface area contributed by atoms with Crippen LogP contribution in [0.1, 0.15) is 17.9 Å². The van der Waals surface area contributed by atoms with Gasteiger partial charge in [0, 0.05) is 35.9 Å². The Morgan fingerprint density at radius 1 is 1.32 bits per heavy atom. The summed E-state index contributed by atoms with van der Waals surface area (Å²) in [4.78, 5) is 18.8. The van der Waals surface area contributed by atoms with Crippen molar-refractivity contribution in [3.8, 4) is 22.8 Å². The summed E-state index contributed by atoms with van der Waals surface area (Å²) in [6, 6.07) is 5.49. The zero-order valence-corrected chi connectivity index (χ0v) is 15.8. The summed E-state index contributed by atoms with van der Waals surface area (Å²) in [6.07, 6.45) is 2.19. The summed E-state index contributed by atoms with van der Waals surface area (Å²) in [7, 11) is 1.89. The minimum absolute atomic E-state index is 0.0113. The van der Waals surface area contributed by atoms with E-state index < -0.39 is 5.43 Å². The number of phenols is 2. The normalized spacial score (nSPS) is 20.1. The quantitative estimate of drug-likeness (QED) is 0.578. The molecule has 0 aliphatic carbocycles. The van der Waals surface area contributed by atoms with Gasteiger partial charge in [0.25, 0.3) is 0 Å². The number of fused-ring (bicyclic) bond motifs is 1. The van der Waals surface area contributed by atoms with Crippen molar-refractivity contribution in [1.29, 1.82) is 0 Å². The molecule has 1 aliphatic rings. The number of aliphatic hydroxyl groups excluding tert-OH is 1. The number of benzene rings is 1. The highest BCUT2D eigenvalue weighted by Crippen LogP contribution is 2.44. The number of pyridine rings is 1. The first-order chi connectivity index (χ1) is 13.4. The molecule has 28 heavy (non-hydrogen) atoms. The Kier molecular flexibility index (Phi) is 4.74. The highest BCUT2D eigenvalue weighted by atomic mass is 35.5. The zero-order chi connectivity index (χ0) is 20.0. The van der Waals surface area contributed by atoms with E-state index in [2.05, 4.69) is 4.98 Å². The molecular weight excluding hydrogens is 384 g/mol. The van der Waals surface area contributed by atoms with E-state index in [0.29, 0.717) is 17.5 Å². The predicted molar refractivity (Wildman–Crippen MR) is 105 cm³/mol. The second-order valence-corrected chi connectivity index (χ2v) is 7.33. The molecule has 1 aromatic carbocycles. The first kappa shape index (κ1) is 18.7. The van der Waals surface area contributed by atoms with Crippen molar-refractivity contribution in [3.05, 3.63) is 51.4 Å². The smallest absolute Gasteiger partial charge is 0.197 e. The van der Waals surface area contributed by atoms with Gasteiger partial charge in [-0.2, -0.15) is 0 Å². The lowest BCUT2D eigenvalue weighted by Crippen LogP contribution is -2.32. The number of hydrogen-bond acceptors (Lipinski definition) is 7. The second kappa shape index (κ2) is 7.09. The van der Waals surface area contributed by atoms with Crippen molar-refractivity contribution < 1.29 is 19.7 Å². The summed E-state index contributed by atoms with van der Waals surface area (Å²) in [5.41, 5.74) is 0.467. The average Bonchev–Trinajstić information content (AvgIpc) is 3.01. The molecule has 3 heterocycles. The number of aromatic hydroxyl groups is 2. The third kappa shape index (κ3) is 2.92. The van der Waals surface area contributed by atoms with E-state index in [1.165, 1.54) is 12.3 Å². The van der Waals surface area contributed by atoms with Crippen molar-refractivity contribution in [2.24, 2.45) is 0 Å². The van der Waals surface area contributed by atoms with Gasteiger partial charge in [-0.25, -0.2) is 4.98 Å². The molecule has 0 unspecified atom stereocenters. The monoisotopic (exact) mass is 402 g/mol. The lowest BCUT2D eigenvalue weighted by atomic mass is 9.89. The molecule has 1 saturated heterocycles. The first-order valence-electron chi connectivity index (χ1n) is 8.87. The minimum Gasteiger partial charge on any atom is -0.507 e. The molecule has 1 fully saturated rings. The van der Waals surface area contributed by atoms with Crippen LogP contribution < -0.4 is 5.43 Å². The molecule has 0 amide bonds. The maximum atomic E-state index is 12.8. The summed E-state index contributed by atoms with van der Waals surface area (Å²) in [5.74, 6) is -0.614. The van der Waals surface area contributed by atoms with E-state index in [4.69, 9.17) is 16.0 Å².